The Hall–Kier alpha value is -3.30. The zero-order valence-electron chi connectivity index (χ0n) is 16.8. The SMILES string of the molecule is O=C1NC(=O)N(c2ccccc2F)C(=O)/C1=C\c1cc(Br)cc(Br)c1OCc1ccccc1. The number of hydrogen-bond donors (Lipinski definition) is 1. The van der Waals surface area contributed by atoms with Gasteiger partial charge in [-0.1, -0.05) is 58.4 Å². The van der Waals surface area contributed by atoms with Crippen molar-refractivity contribution in [1.82, 2.24) is 5.32 Å². The first-order chi connectivity index (χ1) is 15.8. The summed E-state index contributed by atoms with van der Waals surface area (Å²) in [6.07, 6.45) is 1.31. The van der Waals surface area contributed by atoms with Crippen LogP contribution in [0, 0.1) is 5.82 Å². The number of carbonyl (C=O) groups excluding carboxylic acids is 3. The highest BCUT2D eigenvalue weighted by Gasteiger charge is 2.38. The van der Waals surface area contributed by atoms with Crippen LogP contribution in [0.25, 0.3) is 6.08 Å². The lowest BCUT2D eigenvalue weighted by molar-refractivity contribution is -0.122. The topological polar surface area (TPSA) is 75.7 Å². The van der Waals surface area contributed by atoms with E-state index in [0.717, 1.165) is 11.6 Å². The number of nitrogens with zero attached hydrogens (tertiary/aromatic N) is 1. The van der Waals surface area contributed by atoms with Crippen molar-refractivity contribution in [3.8, 4) is 5.75 Å². The van der Waals surface area contributed by atoms with E-state index >= 15 is 0 Å². The van der Waals surface area contributed by atoms with E-state index in [4.69, 9.17) is 4.74 Å². The van der Waals surface area contributed by atoms with Gasteiger partial charge in [0.15, 0.2) is 0 Å². The second-order valence-corrected chi connectivity index (χ2v) is 8.76. The highest BCUT2D eigenvalue weighted by molar-refractivity contribution is 9.11. The van der Waals surface area contributed by atoms with Crippen LogP contribution in [-0.2, 0) is 16.2 Å². The number of imide groups is 2. The fraction of sp³-hybridized carbons (Fsp3) is 0.0417. The van der Waals surface area contributed by atoms with Crippen molar-refractivity contribution in [2.24, 2.45) is 0 Å². The van der Waals surface area contributed by atoms with Gasteiger partial charge >= 0.3 is 6.03 Å². The number of anilines is 1. The molecular weight excluding hydrogens is 559 g/mol. The molecule has 0 radical (unpaired) electrons. The van der Waals surface area contributed by atoms with E-state index in [1.807, 2.05) is 30.3 Å². The molecule has 4 amide bonds. The summed E-state index contributed by atoms with van der Waals surface area (Å²) < 4.78 is 21.5. The molecule has 1 saturated heterocycles. The summed E-state index contributed by atoms with van der Waals surface area (Å²) in [5.41, 5.74) is 0.740. The van der Waals surface area contributed by atoms with Crippen LogP contribution < -0.4 is 15.0 Å². The smallest absolute Gasteiger partial charge is 0.336 e. The lowest BCUT2D eigenvalue weighted by Crippen LogP contribution is -2.54. The Morgan fingerprint density at radius 2 is 1.67 bits per heavy atom. The van der Waals surface area contributed by atoms with Crippen molar-refractivity contribution in [1.29, 1.82) is 0 Å². The third-order valence-corrected chi connectivity index (χ3v) is 5.80. The maximum absolute atomic E-state index is 14.3. The van der Waals surface area contributed by atoms with E-state index in [-0.39, 0.29) is 17.9 Å². The number of ether oxygens (including phenoxy) is 1. The summed E-state index contributed by atoms with van der Waals surface area (Å²) in [5.74, 6) is -2.21. The van der Waals surface area contributed by atoms with Gasteiger partial charge in [-0.05, 0) is 51.8 Å². The Labute approximate surface area is 205 Å². The van der Waals surface area contributed by atoms with Gasteiger partial charge in [0.25, 0.3) is 11.8 Å². The molecule has 0 saturated carbocycles. The fourth-order valence-corrected chi connectivity index (χ4v) is 4.61. The number of urea groups is 1. The van der Waals surface area contributed by atoms with Crippen molar-refractivity contribution in [3.05, 3.63) is 98.2 Å². The summed E-state index contributed by atoms with van der Waals surface area (Å²) in [7, 11) is 0. The molecule has 0 aromatic heterocycles. The first kappa shape index (κ1) is 22.9. The van der Waals surface area contributed by atoms with Gasteiger partial charge in [0, 0.05) is 10.0 Å². The molecule has 3 aromatic rings. The minimum absolute atomic E-state index is 0.247. The molecule has 9 heteroatoms. The third-order valence-electron chi connectivity index (χ3n) is 4.76. The van der Waals surface area contributed by atoms with Crippen molar-refractivity contribution in [2.45, 2.75) is 6.61 Å². The molecular formula is C24H15Br2FN2O4. The molecule has 1 aliphatic rings. The number of amides is 4. The predicted octanol–water partition coefficient (Wildman–Crippen LogP) is 5.60. The lowest BCUT2D eigenvalue weighted by atomic mass is 10.1. The van der Waals surface area contributed by atoms with Crippen LogP contribution in [0.15, 0.2) is 81.2 Å². The van der Waals surface area contributed by atoms with Crippen LogP contribution in [0.2, 0.25) is 0 Å². The number of para-hydroxylation sites is 1. The number of benzene rings is 3. The molecule has 0 spiro atoms. The summed E-state index contributed by atoms with van der Waals surface area (Å²) in [4.78, 5) is 38.6. The molecule has 4 rings (SSSR count). The number of halogens is 3. The van der Waals surface area contributed by atoms with Crippen molar-refractivity contribution in [2.75, 3.05) is 4.90 Å². The van der Waals surface area contributed by atoms with Crippen LogP contribution in [0.3, 0.4) is 0 Å². The monoisotopic (exact) mass is 572 g/mol. The zero-order chi connectivity index (χ0) is 23.5. The van der Waals surface area contributed by atoms with E-state index in [1.165, 1.54) is 24.3 Å². The standard InChI is InChI=1S/C24H15Br2FN2O4/c25-16-10-15(21(18(26)12-16)33-13-14-6-2-1-3-7-14)11-17-22(30)28-24(32)29(23(17)31)20-9-5-4-8-19(20)27/h1-12H,13H2,(H,28,30,32)/b17-11-. The van der Waals surface area contributed by atoms with Gasteiger partial charge in [0.2, 0.25) is 0 Å². The number of nitrogens with one attached hydrogen (secondary N) is 1. The Kier molecular flexibility index (Phi) is 6.71. The molecule has 6 nitrogen and oxygen atoms in total. The average molecular weight is 574 g/mol. The van der Waals surface area contributed by atoms with Gasteiger partial charge < -0.3 is 4.74 Å². The number of carbonyl (C=O) groups is 3. The predicted molar refractivity (Wildman–Crippen MR) is 128 cm³/mol. The van der Waals surface area contributed by atoms with E-state index < -0.39 is 23.7 Å². The Morgan fingerprint density at radius 3 is 2.39 bits per heavy atom. The molecule has 1 aliphatic heterocycles. The lowest BCUT2D eigenvalue weighted by Gasteiger charge is -2.26. The maximum atomic E-state index is 14.3. The highest BCUT2D eigenvalue weighted by Crippen LogP contribution is 2.35. The maximum Gasteiger partial charge on any atom is 0.336 e. The molecule has 1 fully saturated rings. The summed E-state index contributed by atoms with van der Waals surface area (Å²) in [6, 6.07) is 17.2. The number of rotatable bonds is 5. The van der Waals surface area contributed by atoms with Crippen molar-refractivity contribution >= 4 is 61.5 Å². The van der Waals surface area contributed by atoms with Crippen molar-refractivity contribution in [3.63, 3.8) is 0 Å². The molecule has 33 heavy (non-hydrogen) atoms. The van der Waals surface area contributed by atoms with Crippen molar-refractivity contribution < 1.29 is 23.5 Å². The third kappa shape index (κ3) is 4.89. The van der Waals surface area contributed by atoms with Gasteiger partial charge in [-0.15, -0.1) is 0 Å². The Bertz CT molecular complexity index is 1290. The number of hydrogen-bond acceptors (Lipinski definition) is 4. The molecule has 166 valence electrons. The van der Waals surface area contributed by atoms with E-state index in [0.29, 0.717) is 25.2 Å². The highest BCUT2D eigenvalue weighted by atomic mass is 79.9. The molecule has 1 heterocycles. The molecule has 3 aromatic carbocycles. The minimum Gasteiger partial charge on any atom is -0.487 e. The van der Waals surface area contributed by atoms with Gasteiger partial charge in [-0.25, -0.2) is 14.1 Å². The normalized spacial score (nSPS) is 15.1. The Balaban J connectivity index is 1.74. The summed E-state index contributed by atoms with van der Waals surface area (Å²) in [6.45, 7) is 0.247. The average Bonchev–Trinajstić information content (AvgIpc) is 2.78. The molecule has 0 bridgehead atoms. The van der Waals surface area contributed by atoms with Crippen LogP contribution in [0.1, 0.15) is 11.1 Å². The van der Waals surface area contributed by atoms with Gasteiger partial charge in [0.1, 0.15) is 23.7 Å². The molecule has 0 atom stereocenters. The first-order valence-electron chi connectivity index (χ1n) is 9.67. The molecule has 1 N–H and O–H groups in total. The Morgan fingerprint density at radius 1 is 0.970 bits per heavy atom. The van der Waals surface area contributed by atoms with E-state index in [2.05, 4.69) is 37.2 Å². The fourth-order valence-electron chi connectivity index (χ4n) is 3.23. The van der Waals surface area contributed by atoms with Gasteiger partial charge in [0.05, 0.1) is 10.2 Å². The van der Waals surface area contributed by atoms with Crippen LogP contribution in [0.5, 0.6) is 5.75 Å². The van der Waals surface area contributed by atoms with Crippen LogP contribution in [0.4, 0.5) is 14.9 Å². The largest absolute Gasteiger partial charge is 0.487 e. The van der Waals surface area contributed by atoms with E-state index in [1.54, 1.807) is 12.1 Å². The minimum atomic E-state index is -1.02. The van der Waals surface area contributed by atoms with E-state index in [9.17, 15) is 18.8 Å². The molecule has 0 unspecified atom stereocenters. The summed E-state index contributed by atoms with van der Waals surface area (Å²) >= 11 is 6.84. The van der Waals surface area contributed by atoms with Gasteiger partial charge in [-0.2, -0.15) is 0 Å². The van der Waals surface area contributed by atoms with Crippen LogP contribution in [-0.4, -0.2) is 17.8 Å². The second-order valence-electron chi connectivity index (χ2n) is 6.99. The summed E-state index contributed by atoms with van der Waals surface area (Å²) in [5, 5.41) is 2.09. The zero-order valence-corrected chi connectivity index (χ0v) is 20.0. The second kappa shape index (κ2) is 9.68. The van der Waals surface area contributed by atoms with Gasteiger partial charge in [-0.3, -0.25) is 14.9 Å². The first-order valence-corrected chi connectivity index (χ1v) is 11.3. The molecule has 0 aliphatic carbocycles. The van der Waals surface area contributed by atoms with Crippen LogP contribution >= 0.6 is 31.9 Å². The quantitative estimate of drug-likeness (QED) is 0.319. The number of barbiturate groups is 1.